The number of benzene rings is 1. The maximum atomic E-state index is 13.3. The molecule has 0 radical (unpaired) electrons. The van der Waals surface area contributed by atoms with Gasteiger partial charge in [-0.1, -0.05) is 0 Å². The van der Waals surface area contributed by atoms with Crippen LogP contribution in [-0.2, 0) is 0 Å². The molecule has 1 aliphatic heterocycles. The van der Waals surface area contributed by atoms with Gasteiger partial charge in [-0.05, 0) is 62.9 Å². The van der Waals surface area contributed by atoms with Gasteiger partial charge in [0.15, 0.2) is 0 Å². The Hall–Kier alpha value is -1.42. The number of carbonyl (C=O) groups excluding carboxylic acids is 1. The van der Waals surface area contributed by atoms with Crippen LogP contribution in [0.1, 0.15) is 41.6 Å². The van der Waals surface area contributed by atoms with Crippen LogP contribution < -0.4 is 5.32 Å². The minimum atomic E-state index is -0.253. The predicted octanol–water partition coefficient (Wildman–Crippen LogP) is 2.49. The van der Waals surface area contributed by atoms with Crippen molar-refractivity contribution in [2.45, 2.75) is 44.7 Å². The molecule has 3 nitrogen and oxygen atoms in total. The van der Waals surface area contributed by atoms with Gasteiger partial charge in [-0.2, -0.15) is 0 Å². The summed E-state index contributed by atoms with van der Waals surface area (Å²) in [5.41, 5.74) is 1.14. The van der Waals surface area contributed by atoms with Crippen molar-refractivity contribution in [3.8, 4) is 0 Å². The normalized spacial score (nSPS) is 22.0. The predicted molar refractivity (Wildman–Crippen MR) is 76.2 cm³/mol. The van der Waals surface area contributed by atoms with Gasteiger partial charge in [-0.15, -0.1) is 0 Å². The molecule has 20 heavy (non-hydrogen) atoms. The Morgan fingerprint density at radius 3 is 2.80 bits per heavy atom. The number of nitrogens with one attached hydrogen (secondary N) is 1. The van der Waals surface area contributed by atoms with Gasteiger partial charge in [0.1, 0.15) is 5.82 Å². The molecule has 4 heteroatoms. The number of hydrogen-bond donors (Lipinski definition) is 1. The highest BCUT2D eigenvalue weighted by Gasteiger charge is 2.35. The number of halogens is 1. The lowest BCUT2D eigenvalue weighted by Gasteiger charge is -2.26. The lowest BCUT2D eigenvalue weighted by Crippen LogP contribution is -2.42. The fourth-order valence-corrected chi connectivity index (χ4v) is 2.88. The fraction of sp³-hybridized carbons (Fsp3) is 0.562. The van der Waals surface area contributed by atoms with E-state index in [0.29, 0.717) is 23.2 Å². The maximum Gasteiger partial charge on any atom is 0.254 e. The first-order valence-electron chi connectivity index (χ1n) is 7.45. The summed E-state index contributed by atoms with van der Waals surface area (Å²) in [7, 11) is 0. The first-order valence-corrected chi connectivity index (χ1v) is 7.45. The molecular formula is C16H21FN2O. The highest BCUT2D eigenvalue weighted by molar-refractivity contribution is 5.94. The van der Waals surface area contributed by atoms with Gasteiger partial charge in [0, 0.05) is 24.2 Å². The summed E-state index contributed by atoms with van der Waals surface area (Å²) in [6.07, 6.45) is 4.52. The van der Waals surface area contributed by atoms with Gasteiger partial charge in [-0.3, -0.25) is 4.79 Å². The number of amides is 1. The van der Waals surface area contributed by atoms with E-state index in [9.17, 15) is 9.18 Å². The smallest absolute Gasteiger partial charge is 0.254 e. The third-order valence-electron chi connectivity index (χ3n) is 4.23. The van der Waals surface area contributed by atoms with Crippen molar-refractivity contribution in [2.75, 3.05) is 13.1 Å². The molecule has 2 aliphatic rings. The largest absolute Gasteiger partial charge is 0.334 e. The Kier molecular flexibility index (Phi) is 3.74. The van der Waals surface area contributed by atoms with Gasteiger partial charge in [0.25, 0.3) is 5.91 Å². The molecule has 1 aromatic carbocycles. The molecule has 2 fully saturated rings. The first kappa shape index (κ1) is 13.6. The summed E-state index contributed by atoms with van der Waals surface area (Å²) in [5, 5.41) is 3.44. The number of hydrogen-bond acceptors (Lipinski definition) is 2. The van der Waals surface area contributed by atoms with Crippen LogP contribution >= 0.6 is 0 Å². The molecule has 1 atom stereocenters. The van der Waals surface area contributed by atoms with Gasteiger partial charge in [-0.25, -0.2) is 4.39 Å². The molecular weight excluding hydrogens is 255 g/mol. The fourth-order valence-electron chi connectivity index (χ4n) is 2.88. The highest BCUT2D eigenvalue weighted by Crippen LogP contribution is 2.29. The molecule has 1 aromatic rings. The highest BCUT2D eigenvalue weighted by atomic mass is 19.1. The van der Waals surface area contributed by atoms with E-state index in [1.54, 1.807) is 19.1 Å². The monoisotopic (exact) mass is 276 g/mol. The van der Waals surface area contributed by atoms with Crippen molar-refractivity contribution in [3.05, 3.63) is 35.1 Å². The SMILES string of the molecule is Cc1cc(C(=O)N(CC2CCCN2)C2CC2)ccc1F. The second kappa shape index (κ2) is 5.52. The number of nitrogens with zero attached hydrogens (tertiary/aromatic N) is 1. The Balaban J connectivity index is 1.75. The van der Waals surface area contributed by atoms with Crippen molar-refractivity contribution in [1.82, 2.24) is 10.2 Å². The average molecular weight is 276 g/mol. The van der Waals surface area contributed by atoms with E-state index in [0.717, 1.165) is 32.4 Å². The van der Waals surface area contributed by atoms with Gasteiger partial charge >= 0.3 is 0 Å². The molecule has 1 N–H and O–H groups in total. The van der Waals surface area contributed by atoms with E-state index in [2.05, 4.69) is 5.32 Å². The molecule has 3 rings (SSSR count). The minimum absolute atomic E-state index is 0.0456. The topological polar surface area (TPSA) is 32.3 Å². The van der Waals surface area contributed by atoms with Crippen LogP contribution in [0.2, 0.25) is 0 Å². The van der Waals surface area contributed by atoms with Crippen LogP contribution in [0.25, 0.3) is 0 Å². The van der Waals surface area contributed by atoms with Crippen molar-refractivity contribution in [3.63, 3.8) is 0 Å². The lowest BCUT2D eigenvalue weighted by atomic mass is 10.1. The molecule has 0 spiro atoms. The molecule has 1 amide bonds. The third-order valence-corrected chi connectivity index (χ3v) is 4.23. The summed E-state index contributed by atoms with van der Waals surface area (Å²) in [5.74, 6) is -0.207. The van der Waals surface area contributed by atoms with E-state index in [1.807, 2.05) is 4.90 Å². The molecule has 1 aliphatic carbocycles. The number of aryl methyl sites for hydroxylation is 1. The average Bonchev–Trinajstić information content (AvgIpc) is 3.15. The summed E-state index contributed by atoms with van der Waals surface area (Å²) < 4.78 is 13.3. The number of carbonyl (C=O) groups is 1. The summed E-state index contributed by atoms with van der Waals surface area (Å²) in [6, 6.07) is 5.45. The second-order valence-corrected chi connectivity index (χ2v) is 5.95. The molecule has 1 unspecified atom stereocenters. The zero-order valence-electron chi connectivity index (χ0n) is 11.9. The van der Waals surface area contributed by atoms with E-state index in [4.69, 9.17) is 0 Å². The molecule has 1 saturated heterocycles. The van der Waals surface area contributed by atoms with E-state index < -0.39 is 0 Å². The lowest BCUT2D eigenvalue weighted by molar-refractivity contribution is 0.0728. The first-order chi connectivity index (χ1) is 9.65. The third kappa shape index (κ3) is 2.85. The van der Waals surface area contributed by atoms with E-state index in [1.165, 1.54) is 12.5 Å². The Morgan fingerprint density at radius 2 is 2.20 bits per heavy atom. The molecule has 108 valence electrons. The second-order valence-electron chi connectivity index (χ2n) is 5.95. The maximum absolute atomic E-state index is 13.3. The zero-order valence-corrected chi connectivity index (χ0v) is 11.9. The quantitative estimate of drug-likeness (QED) is 0.916. The molecule has 1 saturated carbocycles. The van der Waals surface area contributed by atoms with Gasteiger partial charge < -0.3 is 10.2 Å². The Labute approximate surface area is 119 Å². The van der Waals surface area contributed by atoms with Crippen molar-refractivity contribution in [2.24, 2.45) is 0 Å². The van der Waals surface area contributed by atoms with Gasteiger partial charge in [0.2, 0.25) is 0 Å². The van der Waals surface area contributed by atoms with E-state index in [-0.39, 0.29) is 11.7 Å². The molecule has 0 bridgehead atoms. The standard InChI is InChI=1S/C16H21FN2O/c1-11-9-12(4-7-15(11)17)16(20)19(14-5-6-14)10-13-3-2-8-18-13/h4,7,9,13-14,18H,2-3,5-6,8,10H2,1H3. The summed E-state index contributed by atoms with van der Waals surface area (Å²) in [4.78, 5) is 14.6. The molecule has 0 aromatic heterocycles. The Morgan fingerprint density at radius 1 is 1.40 bits per heavy atom. The summed E-state index contributed by atoms with van der Waals surface area (Å²) in [6.45, 7) is 3.53. The zero-order chi connectivity index (χ0) is 14.1. The van der Waals surface area contributed by atoms with E-state index >= 15 is 0 Å². The van der Waals surface area contributed by atoms with Crippen LogP contribution in [0.4, 0.5) is 4.39 Å². The van der Waals surface area contributed by atoms with Crippen LogP contribution in [0.5, 0.6) is 0 Å². The minimum Gasteiger partial charge on any atom is -0.334 e. The Bertz CT molecular complexity index is 507. The van der Waals surface area contributed by atoms with Gasteiger partial charge in [0.05, 0.1) is 0 Å². The van der Waals surface area contributed by atoms with Crippen molar-refractivity contribution in [1.29, 1.82) is 0 Å². The molecule has 1 heterocycles. The van der Waals surface area contributed by atoms with Crippen LogP contribution in [0, 0.1) is 12.7 Å². The van der Waals surface area contributed by atoms with Crippen molar-refractivity contribution < 1.29 is 9.18 Å². The van der Waals surface area contributed by atoms with Crippen LogP contribution in [0.3, 0.4) is 0 Å². The van der Waals surface area contributed by atoms with Crippen LogP contribution in [-0.4, -0.2) is 36.0 Å². The van der Waals surface area contributed by atoms with Crippen LogP contribution in [0.15, 0.2) is 18.2 Å². The summed E-state index contributed by atoms with van der Waals surface area (Å²) >= 11 is 0. The number of rotatable bonds is 4. The van der Waals surface area contributed by atoms with Crippen molar-refractivity contribution >= 4 is 5.91 Å².